The first-order valence-electron chi connectivity index (χ1n) is 9.37. The normalized spacial score (nSPS) is 17.7. The molecule has 0 radical (unpaired) electrons. The zero-order valence-electron chi connectivity index (χ0n) is 15.7. The second-order valence-electron chi connectivity index (χ2n) is 7.25. The van der Waals surface area contributed by atoms with Crippen LogP contribution in [0.5, 0.6) is 0 Å². The van der Waals surface area contributed by atoms with Crippen LogP contribution in [0.2, 0.25) is 0 Å². The van der Waals surface area contributed by atoms with Crippen LogP contribution in [0.1, 0.15) is 49.3 Å². The Morgan fingerprint density at radius 1 is 1.23 bits per heavy atom. The standard InChI is InChI=1S/C19H28N6O/c1-23(2)14-16-8-10-17(11-9-16)18-6-3-4-13-25(18)19(26)7-5-12-24-15-20-21-22-24/h8-11,15,18H,3-7,12-14H2,1-2H3. The van der Waals surface area contributed by atoms with Crippen molar-refractivity contribution >= 4 is 5.91 Å². The highest BCUT2D eigenvalue weighted by atomic mass is 16.2. The first-order chi connectivity index (χ1) is 12.6. The van der Waals surface area contributed by atoms with Crippen molar-refractivity contribution in [3.63, 3.8) is 0 Å². The summed E-state index contributed by atoms with van der Waals surface area (Å²) < 4.78 is 1.67. The van der Waals surface area contributed by atoms with Crippen LogP contribution in [0, 0.1) is 0 Å². The highest BCUT2D eigenvalue weighted by Gasteiger charge is 2.27. The largest absolute Gasteiger partial charge is 0.336 e. The monoisotopic (exact) mass is 356 g/mol. The van der Waals surface area contributed by atoms with Gasteiger partial charge in [0.15, 0.2) is 0 Å². The van der Waals surface area contributed by atoms with Crippen molar-refractivity contribution in [3.05, 3.63) is 41.7 Å². The fraction of sp³-hybridized carbons (Fsp3) is 0.579. The molecule has 26 heavy (non-hydrogen) atoms. The Morgan fingerprint density at radius 3 is 2.73 bits per heavy atom. The van der Waals surface area contributed by atoms with Gasteiger partial charge in [-0.2, -0.15) is 0 Å². The number of piperidine rings is 1. The van der Waals surface area contributed by atoms with Gasteiger partial charge in [-0.3, -0.25) is 4.79 Å². The fourth-order valence-electron chi connectivity index (χ4n) is 3.61. The molecule has 2 heterocycles. The number of amides is 1. The Hall–Kier alpha value is -2.28. The molecular weight excluding hydrogens is 328 g/mol. The minimum Gasteiger partial charge on any atom is -0.336 e. The van der Waals surface area contributed by atoms with Crippen LogP contribution in [-0.2, 0) is 17.9 Å². The van der Waals surface area contributed by atoms with E-state index in [4.69, 9.17) is 0 Å². The van der Waals surface area contributed by atoms with Crippen molar-refractivity contribution in [1.82, 2.24) is 30.0 Å². The number of likely N-dealkylation sites (tertiary alicyclic amines) is 1. The van der Waals surface area contributed by atoms with Gasteiger partial charge in [-0.1, -0.05) is 24.3 Å². The van der Waals surface area contributed by atoms with E-state index < -0.39 is 0 Å². The molecule has 1 aliphatic heterocycles. The number of nitrogens with zero attached hydrogens (tertiary/aromatic N) is 6. The topological polar surface area (TPSA) is 67.2 Å². The lowest BCUT2D eigenvalue weighted by molar-refractivity contribution is -0.135. The van der Waals surface area contributed by atoms with E-state index >= 15 is 0 Å². The molecule has 1 fully saturated rings. The van der Waals surface area contributed by atoms with Gasteiger partial charge in [-0.15, -0.1) is 5.10 Å². The van der Waals surface area contributed by atoms with Gasteiger partial charge in [0.1, 0.15) is 6.33 Å². The van der Waals surface area contributed by atoms with E-state index in [0.717, 1.165) is 32.4 Å². The van der Waals surface area contributed by atoms with Crippen LogP contribution in [0.4, 0.5) is 0 Å². The van der Waals surface area contributed by atoms with E-state index in [0.29, 0.717) is 13.0 Å². The predicted molar refractivity (Wildman–Crippen MR) is 99.2 cm³/mol. The lowest BCUT2D eigenvalue weighted by atomic mass is 9.94. The Bertz CT molecular complexity index is 683. The molecule has 2 aromatic rings. The van der Waals surface area contributed by atoms with Crippen molar-refractivity contribution in [1.29, 1.82) is 0 Å². The van der Waals surface area contributed by atoms with Crippen LogP contribution in [-0.4, -0.2) is 56.6 Å². The minimum atomic E-state index is 0.206. The predicted octanol–water partition coefficient (Wildman–Crippen LogP) is 2.27. The Balaban J connectivity index is 1.60. The number of hydrogen-bond acceptors (Lipinski definition) is 5. The van der Waals surface area contributed by atoms with Gasteiger partial charge in [-0.05, 0) is 61.3 Å². The molecule has 7 heteroatoms. The second-order valence-corrected chi connectivity index (χ2v) is 7.25. The number of tetrazole rings is 1. The maximum absolute atomic E-state index is 12.8. The summed E-state index contributed by atoms with van der Waals surface area (Å²) in [7, 11) is 4.15. The van der Waals surface area contributed by atoms with Gasteiger partial charge in [0.25, 0.3) is 0 Å². The molecule has 1 unspecified atom stereocenters. The molecule has 140 valence electrons. The molecule has 0 aliphatic carbocycles. The van der Waals surface area contributed by atoms with E-state index in [1.165, 1.54) is 17.5 Å². The summed E-state index contributed by atoms with van der Waals surface area (Å²) in [6, 6.07) is 8.96. The zero-order chi connectivity index (χ0) is 18.4. The molecule has 1 atom stereocenters. The number of hydrogen-bond donors (Lipinski definition) is 0. The first-order valence-corrected chi connectivity index (χ1v) is 9.37. The molecule has 1 amide bonds. The smallest absolute Gasteiger partial charge is 0.223 e. The number of aromatic nitrogens is 4. The average molecular weight is 356 g/mol. The molecule has 1 aromatic heterocycles. The van der Waals surface area contributed by atoms with Crippen molar-refractivity contribution in [2.45, 2.75) is 51.2 Å². The summed E-state index contributed by atoms with van der Waals surface area (Å²) in [6.45, 7) is 2.47. The molecule has 0 N–H and O–H groups in total. The van der Waals surface area contributed by atoms with Crippen molar-refractivity contribution in [2.24, 2.45) is 0 Å². The van der Waals surface area contributed by atoms with Gasteiger partial charge < -0.3 is 9.80 Å². The highest BCUT2D eigenvalue weighted by Crippen LogP contribution is 2.31. The third-order valence-corrected chi connectivity index (χ3v) is 4.86. The summed E-state index contributed by atoms with van der Waals surface area (Å²) in [5.41, 5.74) is 2.55. The van der Waals surface area contributed by atoms with Crippen LogP contribution in [0.15, 0.2) is 30.6 Å². The summed E-state index contributed by atoms with van der Waals surface area (Å²) in [4.78, 5) is 17.0. The fourth-order valence-corrected chi connectivity index (χ4v) is 3.61. The van der Waals surface area contributed by atoms with Gasteiger partial charge in [-0.25, -0.2) is 4.68 Å². The third-order valence-electron chi connectivity index (χ3n) is 4.86. The minimum absolute atomic E-state index is 0.206. The third kappa shape index (κ3) is 4.88. The quantitative estimate of drug-likeness (QED) is 0.761. The first kappa shape index (κ1) is 18.5. The molecule has 0 spiro atoms. The average Bonchev–Trinajstić information content (AvgIpc) is 3.15. The number of benzene rings is 1. The molecular formula is C19H28N6O. The van der Waals surface area contributed by atoms with E-state index in [2.05, 4.69) is 63.7 Å². The molecule has 0 saturated carbocycles. The molecule has 1 saturated heterocycles. The zero-order valence-corrected chi connectivity index (χ0v) is 15.7. The number of aryl methyl sites for hydroxylation is 1. The van der Waals surface area contributed by atoms with Crippen molar-refractivity contribution < 1.29 is 4.79 Å². The summed E-state index contributed by atoms with van der Waals surface area (Å²) >= 11 is 0. The van der Waals surface area contributed by atoms with E-state index in [-0.39, 0.29) is 11.9 Å². The van der Waals surface area contributed by atoms with Crippen LogP contribution in [0.3, 0.4) is 0 Å². The number of carbonyl (C=O) groups is 1. The molecule has 1 aromatic carbocycles. The van der Waals surface area contributed by atoms with Crippen LogP contribution < -0.4 is 0 Å². The molecule has 0 bridgehead atoms. The number of rotatable bonds is 7. The van der Waals surface area contributed by atoms with Gasteiger partial charge in [0, 0.05) is 26.1 Å². The summed E-state index contributed by atoms with van der Waals surface area (Å²) in [5, 5.41) is 11.1. The molecule has 3 rings (SSSR count). The Morgan fingerprint density at radius 2 is 2.04 bits per heavy atom. The Labute approximate surface area is 155 Å². The Kier molecular flexibility index (Phi) is 6.33. The van der Waals surface area contributed by atoms with E-state index in [1.54, 1.807) is 11.0 Å². The summed E-state index contributed by atoms with van der Waals surface area (Å²) in [6.07, 6.45) is 6.20. The van der Waals surface area contributed by atoms with Crippen molar-refractivity contribution in [2.75, 3.05) is 20.6 Å². The van der Waals surface area contributed by atoms with Crippen LogP contribution >= 0.6 is 0 Å². The van der Waals surface area contributed by atoms with Gasteiger partial charge in [0.05, 0.1) is 6.04 Å². The number of carbonyl (C=O) groups excluding carboxylic acids is 1. The van der Waals surface area contributed by atoms with Crippen molar-refractivity contribution in [3.8, 4) is 0 Å². The maximum atomic E-state index is 12.8. The van der Waals surface area contributed by atoms with Gasteiger partial charge >= 0.3 is 0 Å². The van der Waals surface area contributed by atoms with E-state index in [1.807, 2.05) is 0 Å². The summed E-state index contributed by atoms with van der Waals surface area (Å²) in [5.74, 6) is 0.236. The van der Waals surface area contributed by atoms with E-state index in [9.17, 15) is 4.79 Å². The molecule has 7 nitrogen and oxygen atoms in total. The highest BCUT2D eigenvalue weighted by molar-refractivity contribution is 5.76. The maximum Gasteiger partial charge on any atom is 0.223 e. The second kappa shape index (κ2) is 8.89. The lowest BCUT2D eigenvalue weighted by Gasteiger charge is -2.36. The lowest BCUT2D eigenvalue weighted by Crippen LogP contribution is -2.38. The van der Waals surface area contributed by atoms with Crippen LogP contribution in [0.25, 0.3) is 0 Å². The van der Waals surface area contributed by atoms with Gasteiger partial charge in [0.2, 0.25) is 5.91 Å². The SMILES string of the molecule is CN(C)Cc1ccc(C2CCCCN2C(=O)CCCn2cnnn2)cc1. The molecule has 1 aliphatic rings.